The highest BCUT2D eigenvalue weighted by Crippen LogP contribution is 2.71. The summed E-state index contributed by atoms with van der Waals surface area (Å²) in [4.78, 5) is 24.2. The van der Waals surface area contributed by atoms with Crippen molar-refractivity contribution in [3.8, 4) is 0 Å². The second kappa shape index (κ2) is 4.61. The number of carboxylic acid groups (broad SMARTS) is 1. The molecule has 128 valence electrons. The lowest BCUT2D eigenvalue weighted by Gasteiger charge is -2.63. The Kier molecular flexibility index (Phi) is 3.14. The number of fused-ring (bicyclic) bond motifs is 3. The molecule has 1 spiro atoms. The molecule has 4 rings (SSSR count). The molecule has 23 heavy (non-hydrogen) atoms. The van der Waals surface area contributed by atoms with Gasteiger partial charge in [-0.2, -0.15) is 0 Å². The molecule has 0 aromatic rings. The van der Waals surface area contributed by atoms with Gasteiger partial charge in [-0.1, -0.05) is 20.8 Å². The van der Waals surface area contributed by atoms with E-state index in [0.29, 0.717) is 23.5 Å². The predicted octanol–water partition coefficient (Wildman–Crippen LogP) is 4.30. The maximum Gasteiger partial charge on any atom is 0.306 e. The zero-order valence-electron chi connectivity index (χ0n) is 14.7. The van der Waals surface area contributed by atoms with E-state index >= 15 is 0 Å². The minimum atomic E-state index is -0.570. The molecule has 0 unspecified atom stereocenters. The molecule has 1 N–H and O–H groups in total. The van der Waals surface area contributed by atoms with E-state index in [1.54, 1.807) is 0 Å². The first-order valence-corrected chi connectivity index (χ1v) is 9.47. The molecule has 0 aliphatic heterocycles. The summed E-state index contributed by atoms with van der Waals surface area (Å²) < 4.78 is 0. The number of hydrogen-bond acceptors (Lipinski definition) is 2. The molecule has 0 amide bonds. The fourth-order valence-electron chi connectivity index (χ4n) is 7.76. The Labute approximate surface area is 139 Å². The molecule has 0 heterocycles. The zero-order chi connectivity index (χ0) is 16.6. The Hall–Kier alpha value is -0.860. The molecule has 4 fully saturated rings. The maximum atomic E-state index is 12.5. The Morgan fingerprint density at radius 3 is 2.48 bits per heavy atom. The Balaban J connectivity index is 1.71. The fourth-order valence-corrected chi connectivity index (χ4v) is 7.76. The van der Waals surface area contributed by atoms with Crippen LogP contribution >= 0.6 is 0 Å². The Bertz CT molecular complexity index is 565. The van der Waals surface area contributed by atoms with Crippen molar-refractivity contribution < 1.29 is 14.7 Å². The zero-order valence-corrected chi connectivity index (χ0v) is 14.7. The standard InChI is InChI=1S/C20H30O3/c1-18(2)14-6-9-20-10-12(13(11-20)17(22)23)4-5-15(20)19(14,3)8-7-16(18)21/h12-15H,4-11H2,1-3H3,(H,22,23)/t12-,13+,14-,15+,19-,20+/m0/s1. The minimum absolute atomic E-state index is 0.113. The van der Waals surface area contributed by atoms with E-state index in [1.807, 2.05) is 0 Å². The second-order valence-electron chi connectivity index (χ2n) is 9.85. The van der Waals surface area contributed by atoms with Crippen molar-refractivity contribution in [1.82, 2.24) is 0 Å². The lowest BCUT2D eigenvalue weighted by atomic mass is 9.41. The van der Waals surface area contributed by atoms with Gasteiger partial charge in [-0.3, -0.25) is 9.59 Å². The molecule has 2 bridgehead atoms. The van der Waals surface area contributed by atoms with Gasteiger partial charge in [0.25, 0.3) is 0 Å². The van der Waals surface area contributed by atoms with Crippen molar-refractivity contribution in [2.24, 2.45) is 39.9 Å². The molecule has 6 atom stereocenters. The third-order valence-corrected chi connectivity index (χ3v) is 8.75. The lowest BCUT2D eigenvalue weighted by Crippen LogP contribution is -2.58. The van der Waals surface area contributed by atoms with Gasteiger partial charge in [-0.05, 0) is 73.5 Å². The highest BCUT2D eigenvalue weighted by molar-refractivity contribution is 5.85. The van der Waals surface area contributed by atoms with Crippen LogP contribution in [-0.4, -0.2) is 16.9 Å². The fraction of sp³-hybridized carbons (Fsp3) is 0.900. The van der Waals surface area contributed by atoms with Crippen LogP contribution in [0.5, 0.6) is 0 Å². The van der Waals surface area contributed by atoms with E-state index in [1.165, 1.54) is 6.42 Å². The summed E-state index contributed by atoms with van der Waals surface area (Å²) in [5, 5.41) is 9.62. The summed E-state index contributed by atoms with van der Waals surface area (Å²) in [6.45, 7) is 6.76. The Morgan fingerprint density at radius 1 is 1.04 bits per heavy atom. The average Bonchev–Trinajstić information content (AvgIpc) is 2.75. The number of hydrogen-bond donors (Lipinski definition) is 1. The molecule has 0 aromatic heterocycles. The average molecular weight is 318 g/mol. The highest BCUT2D eigenvalue weighted by Gasteiger charge is 2.65. The van der Waals surface area contributed by atoms with Crippen molar-refractivity contribution in [3.05, 3.63) is 0 Å². The van der Waals surface area contributed by atoms with Crippen LogP contribution < -0.4 is 0 Å². The second-order valence-corrected chi connectivity index (χ2v) is 9.85. The first-order chi connectivity index (χ1) is 10.7. The van der Waals surface area contributed by atoms with E-state index in [-0.39, 0.29) is 22.2 Å². The number of Topliss-reactive ketones (excluding diaryl/α,β-unsaturated/α-hetero) is 1. The van der Waals surface area contributed by atoms with Crippen LogP contribution in [0.15, 0.2) is 0 Å². The summed E-state index contributed by atoms with van der Waals surface area (Å²) >= 11 is 0. The van der Waals surface area contributed by atoms with Crippen LogP contribution in [0.1, 0.15) is 72.1 Å². The van der Waals surface area contributed by atoms with Crippen molar-refractivity contribution in [3.63, 3.8) is 0 Å². The number of ketones is 1. The maximum absolute atomic E-state index is 12.5. The first kappa shape index (κ1) is 15.7. The number of aliphatic carboxylic acids is 1. The number of carboxylic acids is 1. The Morgan fingerprint density at radius 2 is 1.78 bits per heavy atom. The van der Waals surface area contributed by atoms with Crippen LogP contribution in [0.2, 0.25) is 0 Å². The monoisotopic (exact) mass is 318 g/mol. The number of carbonyl (C=O) groups excluding carboxylic acids is 1. The van der Waals surface area contributed by atoms with Gasteiger partial charge in [0.2, 0.25) is 0 Å². The molecule has 4 aliphatic rings. The van der Waals surface area contributed by atoms with Gasteiger partial charge in [-0.25, -0.2) is 0 Å². The van der Waals surface area contributed by atoms with Crippen LogP contribution in [0.3, 0.4) is 0 Å². The smallest absolute Gasteiger partial charge is 0.306 e. The third-order valence-electron chi connectivity index (χ3n) is 8.75. The lowest BCUT2D eigenvalue weighted by molar-refractivity contribution is -0.165. The predicted molar refractivity (Wildman–Crippen MR) is 87.9 cm³/mol. The molecular formula is C20H30O3. The van der Waals surface area contributed by atoms with Gasteiger partial charge in [0.1, 0.15) is 5.78 Å². The van der Waals surface area contributed by atoms with Gasteiger partial charge in [-0.15, -0.1) is 0 Å². The van der Waals surface area contributed by atoms with E-state index < -0.39 is 5.97 Å². The van der Waals surface area contributed by atoms with Crippen molar-refractivity contribution in [2.75, 3.05) is 0 Å². The summed E-state index contributed by atoms with van der Waals surface area (Å²) in [5.74, 6) is 1.27. The van der Waals surface area contributed by atoms with Gasteiger partial charge in [0, 0.05) is 11.8 Å². The third kappa shape index (κ3) is 1.88. The molecule has 0 aromatic carbocycles. The summed E-state index contributed by atoms with van der Waals surface area (Å²) in [6, 6.07) is 0. The van der Waals surface area contributed by atoms with Crippen molar-refractivity contribution in [1.29, 1.82) is 0 Å². The van der Waals surface area contributed by atoms with E-state index in [0.717, 1.165) is 44.9 Å². The molecular weight excluding hydrogens is 288 g/mol. The summed E-state index contributed by atoms with van der Waals surface area (Å²) in [6.07, 6.45) is 8.30. The molecule has 0 saturated heterocycles. The largest absolute Gasteiger partial charge is 0.481 e. The van der Waals surface area contributed by atoms with E-state index in [2.05, 4.69) is 20.8 Å². The van der Waals surface area contributed by atoms with E-state index in [4.69, 9.17) is 0 Å². The minimum Gasteiger partial charge on any atom is -0.481 e. The topological polar surface area (TPSA) is 54.4 Å². The molecule has 3 nitrogen and oxygen atoms in total. The molecule has 4 saturated carbocycles. The SMILES string of the molecule is CC1(C)C(=O)CC[C@@]2(C)[C@H]1CC[C@]13C[C@H](CC[C@@H]12)[C@H](C(=O)O)C3. The van der Waals surface area contributed by atoms with Crippen LogP contribution in [-0.2, 0) is 9.59 Å². The molecule has 4 aliphatic carbocycles. The highest BCUT2D eigenvalue weighted by atomic mass is 16.4. The quantitative estimate of drug-likeness (QED) is 0.784. The first-order valence-electron chi connectivity index (χ1n) is 9.47. The van der Waals surface area contributed by atoms with Crippen LogP contribution in [0, 0.1) is 39.9 Å². The number of carbonyl (C=O) groups is 2. The van der Waals surface area contributed by atoms with Crippen LogP contribution in [0.25, 0.3) is 0 Å². The van der Waals surface area contributed by atoms with Gasteiger partial charge in [0.15, 0.2) is 0 Å². The van der Waals surface area contributed by atoms with Crippen molar-refractivity contribution >= 4 is 11.8 Å². The van der Waals surface area contributed by atoms with E-state index in [9.17, 15) is 14.7 Å². The van der Waals surface area contributed by atoms with Gasteiger partial charge < -0.3 is 5.11 Å². The normalized spacial score (nSPS) is 51.0. The summed E-state index contributed by atoms with van der Waals surface area (Å²) in [5.41, 5.74) is 0.290. The van der Waals surface area contributed by atoms with Crippen molar-refractivity contribution in [2.45, 2.75) is 72.1 Å². The molecule has 0 radical (unpaired) electrons. The van der Waals surface area contributed by atoms with Gasteiger partial charge in [0.05, 0.1) is 5.92 Å². The van der Waals surface area contributed by atoms with Gasteiger partial charge >= 0.3 is 5.97 Å². The molecule has 3 heteroatoms. The number of rotatable bonds is 1. The van der Waals surface area contributed by atoms with Crippen LogP contribution in [0.4, 0.5) is 0 Å². The summed E-state index contributed by atoms with van der Waals surface area (Å²) in [7, 11) is 0.